The van der Waals surface area contributed by atoms with E-state index in [0.717, 1.165) is 12.8 Å². The van der Waals surface area contributed by atoms with Crippen molar-refractivity contribution >= 4 is 5.97 Å². The van der Waals surface area contributed by atoms with E-state index in [-0.39, 0.29) is 6.10 Å². The van der Waals surface area contributed by atoms with Gasteiger partial charge in [-0.2, -0.15) is 0 Å². The number of unbranched alkanes of at least 4 members (excludes halogenated alkanes) is 1. The molecule has 1 atom stereocenters. The van der Waals surface area contributed by atoms with Crippen LogP contribution < -0.4 is 5.73 Å². The van der Waals surface area contributed by atoms with Gasteiger partial charge in [-0.3, -0.25) is 4.79 Å². The highest BCUT2D eigenvalue weighted by molar-refractivity contribution is 5.77. The average molecular weight is 247 g/mol. The van der Waals surface area contributed by atoms with Gasteiger partial charge in [-0.05, 0) is 40.0 Å². The Kier molecular flexibility index (Phi) is 8.12. The van der Waals surface area contributed by atoms with Crippen LogP contribution in [0, 0.1) is 0 Å². The maximum Gasteiger partial charge on any atom is 0.323 e. The summed E-state index contributed by atoms with van der Waals surface area (Å²) in [6, 6.07) is 0. The maximum absolute atomic E-state index is 10.7. The van der Waals surface area contributed by atoms with Crippen LogP contribution in [0.5, 0.6) is 0 Å². The molecular formula is C12H25NO4. The maximum atomic E-state index is 10.7. The summed E-state index contributed by atoms with van der Waals surface area (Å²) in [5.41, 5.74) is 4.47. The van der Waals surface area contributed by atoms with E-state index in [1.54, 1.807) is 0 Å². The molecule has 0 amide bonds. The molecule has 0 heterocycles. The first-order valence-electron chi connectivity index (χ1n) is 6.08. The van der Waals surface area contributed by atoms with Gasteiger partial charge in [0.05, 0.1) is 19.3 Å². The lowest BCUT2D eigenvalue weighted by Crippen LogP contribution is -2.44. The Hall–Kier alpha value is -0.650. The molecule has 3 N–H and O–H groups in total. The van der Waals surface area contributed by atoms with E-state index in [9.17, 15) is 4.79 Å². The van der Waals surface area contributed by atoms with Crippen molar-refractivity contribution in [2.24, 2.45) is 5.73 Å². The third-order valence-electron chi connectivity index (χ3n) is 2.40. The van der Waals surface area contributed by atoms with Gasteiger partial charge in [0.1, 0.15) is 5.54 Å². The van der Waals surface area contributed by atoms with E-state index in [4.69, 9.17) is 20.3 Å². The first-order valence-corrected chi connectivity index (χ1v) is 6.08. The third kappa shape index (κ3) is 9.09. The largest absolute Gasteiger partial charge is 0.480 e. The highest BCUT2D eigenvalue weighted by atomic mass is 16.5. The van der Waals surface area contributed by atoms with Gasteiger partial charge < -0.3 is 20.3 Å². The van der Waals surface area contributed by atoms with E-state index < -0.39 is 11.5 Å². The molecule has 5 nitrogen and oxygen atoms in total. The summed E-state index contributed by atoms with van der Waals surface area (Å²) in [4.78, 5) is 10.7. The molecule has 0 radical (unpaired) electrons. The zero-order valence-electron chi connectivity index (χ0n) is 11.1. The van der Waals surface area contributed by atoms with Crippen LogP contribution in [0.2, 0.25) is 0 Å². The molecule has 0 spiro atoms. The molecule has 0 aliphatic rings. The summed E-state index contributed by atoms with van der Waals surface area (Å²) < 4.78 is 10.7. The van der Waals surface area contributed by atoms with E-state index in [1.165, 1.54) is 6.92 Å². The number of aliphatic carboxylic acids is 1. The minimum absolute atomic E-state index is 0.229. The number of carboxylic acid groups (broad SMARTS) is 1. The Morgan fingerprint density at radius 1 is 1.29 bits per heavy atom. The standard InChI is InChI=1S/C12H25NO4/c1-10(2)17-9-8-16-7-5-4-6-12(3,13)11(14)15/h10H,4-9,13H2,1-3H3,(H,14,15). The SMILES string of the molecule is CC(C)OCCOCCCCC(C)(N)C(=O)O. The minimum Gasteiger partial charge on any atom is -0.480 e. The summed E-state index contributed by atoms with van der Waals surface area (Å²) in [7, 11) is 0. The van der Waals surface area contributed by atoms with E-state index in [2.05, 4.69) is 0 Å². The summed E-state index contributed by atoms with van der Waals surface area (Å²) in [6.07, 6.45) is 2.27. The van der Waals surface area contributed by atoms with Crippen molar-refractivity contribution in [2.45, 2.75) is 51.7 Å². The number of ether oxygens (including phenoxy) is 2. The number of carbonyl (C=O) groups is 1. The van der Waals surface area contributed by atoms with Crippen LogP contribution in [0.4, 0.5) is 0 Å². The van der Waals surface area contributed by atoms with Crippen LogP contribution in [0.3, 0.4) is 0 Å². The van der Waals surface area contributed by atoms with Gasteiger partial charge in [-0.1, -0.05) is 0 Å². The lowest BCUT2D eigenvalue weighted by molar-refractivity contribution is -0.142. The third-order valence-corrected chi connectivity index (χ3v) is 2.40. The number of carboxylic acids is 1. The molecule has 0 fully saturated rings. The molecule has 0 rings (SSSR count). The average Bonchev–Trinajstić information content (AvgIpc) is 2.21. The number of hydrogen-bond donors (Lipinski definition) is 2. The van der Waals surface area contributed by atoms with Crippen molar-refractivity contribution in [3.63, 3.8) is 0 Å². The Balaban J connectivity index is 3.33. The predicted octanol–water partition coefficient (Wildman–Crippen LogP) is 1.40. The highest BCUT2D eigenvalue weighted by Gasteiger charge is 2.26. The molecule has 0 aliphatic heterocycles. The first-order chi connectivity index (χ1) is 7.86. The molecule has 0 aromatic heterocycles. The summed E-state index contributed by atoms with van der Waals surface area (Å²) in [5.74, 6) is -0.955. The van der Waals surface area contributed by atoms with Gasteiger partial charge in [0.2, 0.25) is 0 Å². The number of rotatable bonds is 10. The van der Waals surface area contributed by atoms with Crippen LogP contribution >= 0.6 is 0 Å². The Bertz CT molecular complexity index is 217. The molecule has 0 saturated carbocycles. The summed E-state index contributed by atoms with van der Waals surface area (Å²) >= 11 is 0. The second-order valence-corrected chi connectivity index (χ2v) is 4.71. The normalized spacial score (nSPS) is 14.9. The van der Waals surface area contributed by atoms with Crippen LogP contribution in [-0.4, -0.2) is 42.5 Å². The van der Waals surface area contributed by atoms with Gasteiger partial charge >= 0.3 is 5.97 Å². The minimum atomic E-state index is -1.12. The zero-order valence-corrected chi connectivity index (χ0v) is 11.1. The summed E-state index contributed by atoms with van der Waals surface area (Å²) in [5, 5.41) is 8.79. The second-order valence-electron chi connectivity index (χ2n) is 4.71. The van der Waals surface area contributed by atoms with Crippen LogP contribution in [0.25, 0.3) is 0 Å². The number of hydrogen-bond acceptors (Lipinski definition) is 4. The molecule has 17 heavy (non-hydrogen) atoms. The molecule has 0 aliphatic carbocycles. The summed E-state index contributed by atoms with van der Waals surface area (Å²) in [6.45, 7) is 7.30. The lowest BCUT2D eigenvalue weighted by atomic mass is 9.97. The topological polar surface area (TPSA) is 81.8 Å². The lowest BCUT2D eigenvalue weighted by Gasteiger charge is -2.18. The quantitative estimate of drug-likeness (QED) is 0.570. The van der Waals surface area contributed by atoms with Crippen molar-refractivity contribution in [1.29, 1.82) is 0 Å². The predicted molar refractivity (Wildman–Crippen MR) is 66.0 cm³/mol. The molecular weight excluding hydrogens is 222 g/mol. The Labute approximate surface area is 103 Å². The Morgan fingerprint density at radius 2 is 1.94 bits per heavy atom. The van der Waals surface area contributed by atoms with Crippen molar-refractivity contribution in [1.82, 2.24) is 0 Å². The fraction of sp³-hybridized carbons (Fsp3) is 0.917. The van der Waals surface area contributed by atoms with Gasteiger partial charge in [0.15, 0.2) is 0 Å². The van der Waals surface area contributed by atoms with Gasteiger partial charge in [-0.25, -0.2) is 0 Å². The van der Waals surface area contributed by atoms with Gasteiger partial charge in [-0.15, -0.1) is 0 Å². The van der Waals surface area contributed by atoms with Crippen molar-refractivity contribution < 1.29 is 19.4 Å². The highest BCUT2D eigenvalue weighted by Crippen LogP contribution is 2.10. The second kappa shape index (κ2) is 8.44. The van der Waals surface area contributed by atoms with Crippen LogP contribution in [0.1, 0.15) is 40.0 Å². The van der Waals surface area contributed by atoms with Crippen molar-refractivity contribution in [3.05, 3.63) is 0 Å². The van der Waals surface area contributed by atoms with Gasteiger partial charge in [0.25, 0.3) is 0 Å². The fourth-order valence-corrected chi connectivity index (χ4v) is 1.25. The van der Waals surface area contributed by atoms with E-state index in [0.29, 0.717) is 26.2 Å². The van der Waals surface area contributed by atoms with E-state index >= 15 is 0 Å². The Morgan fingerprint density at radius 3 is 2.47 bits per heavy atom. The van der Waals surface area contributed by atoms with Crippen LogP contribution in [-0.2, 0) is 14.3 Å². The molecule has 1 unspecified atom stereocenters. The van der Waals surface area contributed by atoms with Gasteiger partial charge in [0, 0.05) is 6.61 Å². The molecule has 0 aromatic rings. The van der Waals surface area contributed by atoms with Crippen molar-refractivity contribution in [2.75, 3.05) is 19.8 Å². The molecule has 0 aromatic carbocycles. The number of nitrogens with two attached hydrogens (primary N) is 1. The van der Waals surface area contributed by atoms with Crippen LogP contribution in [0.15, 0.2) is 0 Å². The fourth-order valence-electron chi connectivity index (χ4n) is 1.25. The zero-order chi connectivity index (χ0) is 13.3. The molecule has 5 heteroatoms. The first kappa shape index (κ1) is 16.4. The molecule has 0 saturated heterocycles. The van der Waals surface area contributed by atoms with E-state index in [1.807, 2.05) is 13.8 Å². The smallest absolute Gasteiger partial charge is 0.323 e. The monoisotopic (exact) mass is 247 g/mol. The molecule has 0 bridgehead atoms. The molecule has 102 valence electrons. The van der Waals surface area contributed by atoms with Crippen molar-refractivity contribution in [3.8, 4) is 0 Å².